The van der Waals surface area contributed by atoms with Crippen molar-refractivity contribution in [3.8, 4) is 0 Å². The maximum Gasteiger partial charge on any atom is 0.315 e. The Hall–Kier alpha value is -1.06. The van der Waals surface area contributed by atoms with Gasteiger partial charge in [-0.2, -0.15) is 0 Å². The van der Waals surface area contributed by atoms with Crippen molar-refractivity contribution in [2.45, 2.75) is 92.0 Å². The number of urea groups is 1. The van der Waals surface area contributed by atoms with E-state index in [0.717, 1.165) is 32.1 Å². The van der Waals surface area contributed by atoms with Crippen LogP contribution in [-0.2, 0) is 4.79 Å². The van der Waals surface area contributed by atoms with Crippen LogP contribution in [0.3, 0.4) is 0 Å². The summed E-state index contributed by atoms with van der Waals surface area (Å²) in [5.74, 6) is 0.382. The maximum absolute atomic E-state index is 11.7. The molecule has 0 aliphatic carbocycles. The Labute approximate surface area is 136 Å². The SMILES string of the molecule is CC(C)(C)CC(=O)CCCCCCCNC(=O)NC(C)(C)C. The molecule has 0 fully saturated rings. The lowest BCUT2D eigenvalue weighted by Crippen LogP contribution is -2.46. The van der Waals surface area contributed by atoms with Gasteiger partial charge >= 0.3 is 6.03 Å². The third-order valence-corrected chi connectivity index (χ3v) is 3.13. The zero-order chi connectivity index (χ0) is 17.2. The average molecular weight is 312 g/mol. The average Bonchev–Trinajstić information content (AvgIpc) is 2.27. The molecule has 0 aromatic rings. The van der Waals surface area contributed by atoms with Crippen molar-refractivity contribution < 1.29 is 9.59 Å². The summed E-state index contributed by atoms with van der Waals surface area (Å²) in [6.07, 6.45) is 6.71. The fraction of sp³-hybridized carbons (Fsp3) is 0.889. The second kappa shape index (κ2) is 9.86. The number of hydrogen-bond donors (Lipinski definition) is 2. The molecule has 0 rings (SSSR count). The Bertz CT molecular complexity index is 304. The van der Waals surface area contributed by atoms with Gasteiger partial charge in [0, 0.05) is 24.9 Å². The molecule has 0 heterocycles. The Morgan fingerprint density at radius 2 is 1.36 bits per heavy atom. The molecule has 0 unspecified atom stereocenters. The highest BCUT2D eigenvalue weighted by atomic mass is 16.2. The Morgan fingerprint density at radius 3 is 1.91 bits per heavy atom. The molecular weight excluding hydrogens is 276 g/mol. The van der Waals surface area contributed by atoms with Gasteiger partial charge in [-0.05, 0) is 39.0 Å². The van der Waals surface area contributed by atoms with E-state index in [2.05, 4.69) is 31.4 Å². The number of rotatable bonds is 9. The van der Waals surface area contributed by atoms with Gasteiger partial charge in [0.15, 0.2) is 0 Å². The van der Waals surface area contributed by atoms with Gasteiger partial charge in [-0.1, -0.05) is 40.0 Å². The Balaban J connectivity index is 3.45. The summed E-state index contributed by atoms with van der Waals surface area (Å²) >= 11 is 0. The number of Topliss-reactive ketones (excluding diaryl/α,β-unsaturated/α-hetero) is 1. The van der Waals surface area contributed by atoms with E-state index in [0.29, 0.717) is 25.2 Å². The summed E-state index contributed by atoms with van der Waals surface area (Å²) < 4.78 is 0. The highest BCUT2D eigenvalue weighted by Crippen LogP contribution is 2.20. The first-order chi connectivity index (χ1) is 9.99. The van der Waals surface area contributed by atoms with Crippen molar-refractivity contribution in [3.63, 3.8) is 0 Å². The molecule has 130 valence electrons. The number of nitrogens with one attached hydrogen (secondary N) is 2. The third kappa shape index (κ3) is 15.3. The molecule has 0 aliphatic rings. The fourth-order valence-corrected chi connectivity index (χ4v) is 2.24. The molecule has 0 atom stereocenters. The lowest BCUT2D eigenvalue weighted by Gasteiger charge is -2.20. The highest BCUT2D eigenvalue weighted by Gasteiger charge is 2.15. The van der Waals surface area contributed by atoms with E-state index in [9.17, 15) is 9.59 Å². The lowest BCUT2D eigenvalue weighted by molar-refractivity contribution is -0.120. The summed E-state index contributed by atoms with van der Waals surface area (Å²) in [5.41, 5.74) is -0.0833. The van der Waals surface area contributed by atoms with Crippen LogP contribution in [0.2, 0.25) is 0 Å². The summed E-state index contributed by atoms with van der Waals surface area (Å²) in [4.78, 5) is 23.3. The molecule has 0 bridgehead atoms. The smallest absolute Gasteiger partial charge is 0.315 e. The van der Waals surface area contributed by atoms with Gasteiger partial charge in [0.25, 0.3) is 0 Å². The largest absolute Gasteiger partial charge is 0.338 e. The fourth-order valence-electron chi connectivity index (χ4n) is 2.24. The maximum atomic E-state index is 11.7. The molecule has 2 N–H and O–H groups in total. The van der Waals surface area contributed by atoms with Crippen LogP contribution in [-0.4, -0.2) is 23.9 Å². The van der Waals surface area contributed by atoms with Crippen LogP contribution in [0.5, 0.6) is 0 Å². The van der Waals surface area contributed by atoms with Crippen molar-refractivity contribution in [1.29, 1.82) is 0 Å². The van der Waals surface area contributed by atoms with Gasteiger partial charge < -0.3 is 10.6 Å². The van der Waals surface area contributed by atoms with Gasteiger partial charge in [0.05, 0.1) is 0 Å². The lowest BCUT2D eigenvalue weighted by atomic mass is 9.88. The molecular formula is C18H36N2O2. The highest BCUT2D eigenvalue weighted by molar-refractivity contribution is 5.78. The molecule has 22 heavy (non-hydrogen) atoms. The summed E-state index contributed by atoms with van der Waals surface area (Å²) in [6.45, 7) is 12.9. The van der Waals surface area contributed by atoms with Gasteiger partial charge in [0.2, 0.25) is 0 Å². The van der Waals surface area contributed by atoms with E-state index in [4.69, 9.17) is 0 Å². The van der Waals surface area contributed by atoms with E-state index in [1.54, 1.807) is 0 Å². The molecule has 0 aliphatic heterocycles. The van der Waals surface area contributed by atoms with Crippen LogP contribution in [0.15, 0.2) is 0 Å². The molecule has 0 radical (unpaired) electrons. The van der Waals surface area contributed by atoms with Crippen LogP contribution in [0.4, 0.5) is 4.79 Å². The minimum Gasteiger partial charge on any atom is -0.338 e. The molecule has 2 amide bonds. The topological polar surface area (TPSA) is 58.2 Å². The predicted octanol–water partition coefficient (Wildman–Crippen LogP) is 4.43. The number of carbonyl (C=O) groups is 2. The first-order valence-electron chi connectivity index (χ1n) is 8.57. The van der Waals surface area contributed by atoms with E-state index >= 15 is 0 Å². The number of amides is 2. The van der Waals surface area contributed by atoms with Gasteiger partial charge in [-0.3, -0.25) is 4.79 Å². The van der Waals surface area contributed by atoms with Crippen molar-refractivity contribution in [2.24, 2.45) is 5.41 Å². The van der Waals surface area contributed by atoms with Crippen LogP contribution in [0.25, 0.3) is 0 Å². The van der Waals surface area contributed by atoms with Gasteiger partial charge in [-0.25, -0.2) is 4.79 Å². The van der Waals surface area contributed by atoms with Crippen molar-refractivity contribution in [1.82, 2.24) is 10.6 Å². The molecule has 0 spiro atoms. The van der Waals surface area contributed by atoms with Crippen LogP contribution in [0, 0.1) is 5.41 Å². The molecule has 4 heteroatoms. The summed E-state index contributed by atoms with van der Waals surface area (Å²) in [6, 6.07) is -0.0970. The quantitative estimate of drug-likeness (QED) is 0.619. The minimum atomic E-state index is -0.191. The van der Waals surface area contributed by atoms with Crippen molar-refractivity contribution in [3.05, 3.63) is 0 Å². The molecule has 0 saturated heterocycles. The normalized spacial score (nSPS) is 12.1. The van der Waals surface area contributed by atoms with Crippen LogP contribution < -0.4 is 10.6 Å². The minimum absolute atomic E-state index is 0.0970. The summed E-state index contributed by atoms with van der Waals surface area (Å²) in [7, 11) is 0. The number of hydrogen-bond acceptors (Lipinski definition) is 2. The second-order valence-electron chi connectivity index (χ2n) is 8.42. The zero-order valence-corrected chi connectivity index (χ0v) is 15.5. The van der Waals surface area contributed by atoms with E-state index in [1.807, 2.05) is 20.8 Å². The van der Waals surface area contributed by atoms with E-state index in [-0.39, 0.29) is 17.0 Å². The number of carbonyl (C=O) groups excluding carboxylic acids is 2. The Kier molecular flexibility index (Phi) is 9.38. The van der Waals surface area contributed by atoms with Crippen molar-refractivity contribution >= 4 is 11.8 Å². The summed E-state index contributed by atoms with van der Waals surface area (Å²) in [5, 5.41) is 5.74. The molecule has 0 aromatic carbocycles. The number of unbranched alkanes of at least 4 members (excludes halogenated alkanes) is 4. The second-order valence-corrected chi connectivity index (χ2v) is 8.42. The van der Waals surface area contributed by atoms with Crippen LogP contribution in [0.1, 0.15) is 86.5 Å². The molecule has 0 saturated carbocycles. The first kappa shape index (κ1) is 20.9. The predicted molar refractivity (Wildman–Crippen MR) is 93.1 cm³/mol. The Morgan fingerprint density at radius 1 is 0.818 bits per heavy atom. The third-order valence-electron chi connectivity index (χ3n) is 3.13. The van der Waals surface area contributed by atoms with Crippen LogP contribution >= 0.6 is 0 Å². The first-order valence-corrected chi connectivity index (χ1v) is 8.57. The van der Waals surface area contributed by atoms with E-state index < -0.39 is 0 Å². The molecule has 4 nitrogen and oxygen atoms in total. The standard InChI is InChI=1S/C18H36N2O2/c1-17(2,3)14-15(21)12-10-8-7-9-11-13-19-16(22)20-18(4,5)6/h7-14H2,1-6H3,(H2,19,20,22). The number of ketones is 1. The monoisotopic (exact) mass is 312 g/mol. The molecule has 0 aromatic heterocycles. The van der Waals surface area contributed by atoms with Crippen molar-refractivity contribution in [2.75, 3.05) is 6.54 Å². The van der Waals surface area contributed by atoms with E-state index in [1.165, 1.54) is 0 Å². The van der Waals surface area contributed by atoms with Gasteiger partial charge in [0.1, 0.15) is 5.78 Å². The van der Waals surface area contributed by atoms with Gasteiger partial charge in [-0.15, -0.1) is 0 Å². The zero-order valence-electron chi connectivity index (χ0n) is 15.5.